The third kappa shape index (κ3) is 3.03. The number of nitrogens with two attached hydrogens (primary N) is 1. The number of anilines is 1. The topological polar surface area (TPSA) is 63.8 Å². The van der Waals surface area contributed by atoms with Crippen molar-refractivity contribution in [1.29, 1.82) is 0 Å². The molecule has 4 nitrogen and oxygen atoms in total. The minimum absolute atomic E-state index is 0.560. The molecule has 1 heterocycles. The van der Waals surface area contributed by atoms with Crippen molar-refractivity contribution in [3.63, 3.8) is 0 Å². The molecule has 0 aliphatic carbocycles. The van der Waals surface area contributed by atoms with Gasteiger partial charge in [0.2, 0.25) is 0 Å². The van der Waals surface area contributed by atoms with Gasteiger partial charge in [-0.3, -0.25) is 0 Å². The average molecular weight is 216 g/mol. The van der Waals surface area contributed by atoms with E-state index in [9.17, 15) is 0 Å². The van der Waals surface area contributed by atoms with Gasteiger partial charge in [0.1, 0.15) is 0 Å². The minimum Gasteiger partial charge on any atom is -0.307 e. The van der Waals surface area contributed by atoms with Crippen LogP contribution in [0, 0.1) is 0 Å². The Morgan fingerprint density at radius 3 is 2.12 bits per heavy atom. The summed E-state index contributed by atoms with van der Waals surface area (Å²) in [7, 11) is 0. The molecule has 0 fully saturated rings. The van der Waals surface area contributed by atoms with Gasteiger partial charge in [0.25, 0.3) is 0 Å². The summed E-state index contributed by atoms with van der Waals surface area (Å²) in [6, 6.07) is 13.5. The highest BCUT2D eigenvalue weighted by atomic mass is 15.3. The Kier molecular flexibility index (Phi) is 4.95. The van der Waals surface area contributed by atoms with Gasteiger partial charge in [0.15, 0.2) is 5.82 Å². The van der Waals surface area contributed by atoms with Gasteiger partial charge in [-0.2, -0.15) is 0 Å². The Balaban J connectivity index is 0.000000606. The van der Waals surface area contributed by atoms with Gasteiger partial charge in [0.05, 0.1) is 5.69 Å². The fourth-order valence-corrected chi connectivity index (χ4v) is 1.17. The highest BCUT2D eigenvalue weighted by molar-refractivity contribution is 5.59. The predicted molar refractivity (Wildman–Crippen MR) is 66.6 cm³/mol. The highest BCUT2D eigenvalue weighted by Gasteiger charge is 1.98. The van der Waals surface area contributed by atoms with Crippen LogP contribution >= 0.6 is 0 Å². The van der Waals surface area contributed by atoms with Gasteiger partial charge < -0.3 is 5.43 Å². The number of hydrogen-bond acceptors (Lipinski definition) is 4. The maximum atomic E-state index is 5.19. The van der Waals surface area contributed by atoms with Gasteiger partial charge >= 0.3 is 0 Å². The summed E-state index contributed by atoms with van der Waals surface area (Å²) in [6.07, 6.45) is 0. The van der Waals surface area contributed by atoms with Crippen molar-refractivity contribution in [3.05, 3.63) is 42.5 Å². The second kappa shape index (κ2) is 6.53. The van der Waals surface area contributed by atoms with E-state index in [0.717, 1.165) is 11.3 Å². The largest absolute Gasteiger partial charge is 0.307 e. The van der Waals surface area contributed by atoms with E-state index in [1.807, 2.05) is 50.2 Å². The lowest BCUT2D eigenvalue weighted by Gasteiger charge is -2.00. The standard InChI is InChI=1S/C10H10N4.C2H6/c11-12-10-7-6-9(13-14-10)8-4-2-1-3-5-8;1-2/h1-7H,11H2,(H,12,14);1-2H3. The van der Waals surface area contributed by atoms with Crippen LogP contribution in [0.15, 0.2) is 42.5 Å². The molecular formula is C12H16N4. The maximum Gasteiger partial charge on any atom is 0.162 e. The number of nitrogens with one attached hydrogen (secondary N) is 1. The van der Waals surface area contributed by atoms with E-state index in [4.69, 9.17) is 5.84 Å². The number of hydrazine groups is 1. The summed E-state index contributed by atoms with van der Waals surface area (Å²) in [6.45, 7) is 4.00. The van der Waals surface area contributed by atoms with Crippen LogP contribution in [0.1, 0.15) is 13.8 Å². The Hall–Kier alpha value is -1.94. The lowest BCUT2D eigenvalue weighted by atomic mass is 10.1. The summed E-state index contributed by atoms with van der Waals surface area (Å²) in [5, 5.41) is 7.91. The molecule has 0 radical (unpaired) electrons. The molecule has 4 heteroatoms. The third-order valence-electron chi connectivity index (χ3n) is 1.88. The Bertz CT molecular complexity index is 397. The number of benzene rings is 1. The molecule has 0 amide bonds. The van der Waals surface area contributed by atoms with Gasteiger partial charge in [-0.1, -0.05) is 44.2 Å². The van der Waals surface area contributed by atoms with Crippen molar-refractivity contribution < 1.29 is 0 Å². The van der Waals surface area contributed by atoms with E-state index in [1.165, 1.54) is 0 Å². The number of rotatable bonds is 2. The zero-order valence-electron chi connectivity index (χ0n) is 9.51. The van der Waals surface area contributed by atoms with Gasteiger partial charge in [-0.25, -0.2) is 5.84 Å². The Morgan fingerprint density at radius 2 is 1.62 bits per heavy atom. The van der Waals surface area contributed by atoms with Crippen LogP contribution in [0.2, 0.25) is 0 Å². The monoisotopic (exact) mass is 216 g/mol. The van der Waals surface area contributed by atoms with Gasteiger partial charge in [0, 0.05) is 5.56 Å². The van der Waals surface area contributed by atoms with Crippen molar-refractivity contribution in [2.24, 2.45) is 5.84 Å². The molecule has 0 aliphatic rings. The molecule has 1 aromatic carbocycles. The molecule has 16 heavy (non-hydrogen) atoms. The van der Waals surface area contributed by atoms with Crippen LogP contribution in [0.25, 0.3) is 11.3 Å². The SMILES string of the molecule is CC.NNc1ccc(-c2ccccc2)nn1. The molecule has 1 aromatic heterocycles. The van der Waals surface area contributed by atoms with E-state index >= 15 is 0 Å². The summed E-state index contributed by atoms with van der Waals surface area (Å²) in [5.74, 6) is 5.75. The average Bonchev–Trinajstić information content (AvgIpc) is 2.42. The fourth-order valence-electron chi connectivity index (χ4n) is 1.17. The van der Waals surface area contributed by atoms with Crippen molar-refractivity contribution in [1.82, 2.24) is 10.2 Å². The number of nitrogen functional groups attached to an aromatic ring is 1. The molecule has 0 unspecified atom stereocenters. The van der Waals surface area contributed by atoms with E-state index in [0.29, 0.717) is 5.82 Å². The van der Waals surface area contributed by atoms with Crippen molar-refractivity contribution in [2.75, 3.05) is 5.43 Å². The van der Waals surface area contributed by atoms with E-state index in [1.54, 1.807) is 6.07 Å². The summed E-state index contributed by atoms with van der Waals surface area (Å²) in [5.41, 5.74) is 4.31. The minimum atomic E-state index is 0.560. The molecule has 2 aromatic rings. The maximum absolute atomic E-state index is 5.19. The first-order chi connectivity index (χ1) is 7.90. The van der Waals surface area contributed by atoms with Crippen LogP contribution in [-0.2, 0) is 0 Å². The van der Waals surface area contributed by atoms with Crippen molar-refractivity contribution in [2.45, 2.75) is 13.8 Å². The van der Waals surface area contributed by atoms with Crippen LogP contribution < -0.4 is 11.3 Å². The number of hydrogen-bond donors (Lipinski definition) is 2. The smallest absolute Gasteiger partial charge is 0.162 e. The zero-order valence-corrected chi connectivity index (χ0v) is 9.51. The third-order valence-corrected chi connectivity index (χ3v) is 1.88. The molecule has 0 saturated carbocycles. The summed E-state index contributed by atoms with van der Waals surface area (Å²) >= 11 is 0. The molecule has 0 aliphatic heterocycles. The molecule has 3 N–H and O–H groups in total. The molecule has 0 bridgehead atoms. The lowest BCUT2D eigenvalue weighted by molar-refractivity contribution is 1.03. The van der Waals surface area contributed by atoms with Crippen LogP contribution in [0.4, 0.5) is 5.82 Å². The van der Waals surface area contributed by atoms with Gasteiger partial charge in [-0.05, 0) is 12.1 Å². The van der Waals surface area contributed by atoms with E-state index in [2.05, 4.69) is 15.6 Å². The zero-order chi connectivity index (χ0) is 11.8. The summed E-state index contributed by atoms with van der Waals surface area (Å²) < 4.78 is 0. The predicted octanol–water partition coefficient (Wildman–Crippen LogP) is 2.46. The lowest BCUT2D eigenvalue weighted by Crippen LogP contribution is -2.08. The quantitative estimate of drug-likeness (QED) is 0.598. The first-order valence-electron chi connectivity index (χ1n) is 5.26. The molecule has 0 atom stereocenters. The molecule has 0 saturated heterocycles. The Morgan fingerprint density at radius 1 is 0.938 bits per heavy atom. The first kappa shape index (κ1) is 12.1. The van der Waals surface area contributed by atoms with Crippen molar-refractivity contribution in [3.8, 4) is 11.3 Å². The van der Waals surface area contributed by atoms with Crippen LogP contribution in [0.5, 0.6) is 0 Å². The number of aromatic nitrogens is 2. The van der Waals surface area contributed by atoms with Crippen molar-refractivity contribution >= 4 is 5.82 Å². The molecule has 0 spiro atoms. The normalized spacial score (nSPS) is 8.94. The van der Waals surface area contributed by atoms with Crippen LogP contribution in [0.3, 0.4) is 0 Å². The van der Waals surface area contributed by atoms with E-state index in [-0.39, 0.29) is 0 Å². The molecular weight excluding hydrogens is 200 g/mol. The Labute approximate surface area is 95.5 Å². The molecule has 2 rings (SSSR count). The number of nitrogens with zero attached hydrogens (tertiary/aromatic N) is 2. The fraction of sp³-hybridized carbons (Fsp3) is 0.167. The highest BCUT2D eigenvalue weighted by Crippen LogP contribution is 2.15. The van der Waals surface area contributed by atoms with Gasteiger partial charge in [-0.15, -0.1) is 10.2 Å². The first-order valence-corrected chi connectivity index (χ1v) is 5.26. The summed E-state index contributed by atoms with van der Waals surface area (Å²) in [4.78, 5) is 0. The van der Waals surface area contributed by atoms with Crippen LogP contribution in [-0.4, -0.2) is 10.2 Å². The molecule has 84 valence electrons. The second-order valence-corrected chi connectivity index (χ2v) is 2.81. The van der Waals surface area contributed by atoms with E-state index < -0.39 is 0 Å². The second-order valence-electron chi connectivity index (χ2n) is 2.81.